The topological polar surface area (TPSA) is 32.5 Å². The SMILES string of the molecule is CCN1C=CN(N)C=C1C. The number of hydrazine groups is 1. The second-order valence-corrected chi connectivity index (χ2v) is 2.30. The highest BCUT2D eigenvalue weighted by molar-refractivity contribution is 5.07. The highest BCUT2D eigenvalue weighted by Crippen LogP contribution is 2.08. The lowest BCUT2D eigenvalue weighted by atomic mass is 10.4. The Morgan fingerprint density at radius 3 is 2.70 bits per heavy atom. The molecule has 0 fully saturated rings. The highest BCUT2D eigenvalue weighted by atomic mass is 15.4. The molecule has 2 N–H and O–H groups in total. The molecule has 0 unspecified atom stereocenters. The van der Waals surface area contributed by atoms with E-state index in [0.29, 0.717) is 0 Å². The third-order valence-electron chi connectivity index (χ3n) is 1.55. The molecule has 0 atom stereocenters. The van der Waals surface area contributed by atoms with Crippen molar-refractivity contribution in [2.24, 2.45) is 5.84 Å². The summed E-state index contributed by atoms with van der Waals surface area (Å²) in [5.41, 5.74) is 1.17. The second kappa shape index (κ2) is 2.75. The smallest absolute Gasteiger partial charge is 0.0399 e. The Morgan fingerprint density at radius 1 is 1.50 bits per heavy atom. The fraction of sp³-hybridized carbons (Fsp3) is 0.429. The Balaban J connectivity index is 2.66. The Labute approximate surface area is 61.4 Å². The maximum Gasteiger partial charge on any atom is 0.0399 e. The van der Waals surface area contributed by atoms with E-state index >= 15 is 0 Å². The zero-order chi connectivity index (χ0) is 7.56. The first-order valence-corrected chi connectivity index (χ1v) is 3.40. The Kier molecular flexibility index (Phi) is 1.97. The minimum absolute atomic E-state index is 0.993. The first-order valence-electron chi connectivity index (χ1n) is 3.40. The largest absolute Gasteiger partial charge is 0.349 e. The lowest BCUT2D eigenvalue weighted by Crippen LogP contribution is -2.27. The molecule has 1 aliphatic rings. The minimum Gasteiger partial charge on any atom is -0.349 e. The van der Waals surface area contributed by atoms with E-state index in [0.717, 1.165) is 6.54 Å². The lowest BCUT2D eigenvalue weighted by molar-refractivity contribution is 0.413. The predicted octanol–water partition coefficient (Wildman–Crippen LogP) is 0.830. The molecule has 3 heteroatoms. The van der Waals surface area contributed by atoms with E-state index in [2.05, 4.69) is 11.8 Å². The van der Waals surface area contributed by atoms with Crippen molar-refractivity contribution >= 4 is 0 Å². The van der Waals surface area contributed by atoms with Crippen LogP contribution in [0, 0.1) is 0 Å². The maximum absolute atomic E-state index is 5.49. The molecule has 10 heavy (non-hydrogen) atoms. The summed E-state index contributed by atoms with van der Waals surface area (Å²) in [6.07, 6.45) is 5.69. The summed E-state index contributed by atoms with van der Waals surface area (Å²) in [7, 11) is 0. The normalized spacial score (nSPS) is 17.7. The van der Waals surface area contributed by atoms with Gasteiger partial charge < -0.3 is 4.90 Å². The Hall–Kier alpha value is -0.960. The second-order valence-electron chi connectivity index (χ2n) is 2.30. The van der Waals surface area contributed by atoms with Crippen molar-refractivity contribution in [3.8, 4) is 0 Å². The lowest BCUT2D eigenvalue weighted by Gasteiger charge is -2.25. The summed E-state index contributed by atoms with van der Waals surface area (Å²) in [5, 5.41) is 1.56. The Bertz CT molecular complexity index is 172. The van der Waals surface area contributed by atoms with Crippen LogP contribution in [0.3, 0.4) is 0 Å². The average Bonchev–Trinajstić information content (AvgIpc) is 1.88. The van der Waals surface area contributed by atoms with E-state index in [9.17, 15) is 0 Å². The zero-order valence-electron chi connectivity index (χ0n) is 6.41. The number of hydrogen-bond acceptors (Lipinski definition) is 3. The summed E-state index contributed by atoms with van der Waals surface area (Å²) in [6, 6.07) is 0. The van der Waals surface area contributed by atoms with E-state index in [-0.39, 0.29) is 0 Å². The van der Waals surface area contributed by atoms with Crippen LogP contribution in [0.15, 0.2) is 24.3 Å². The van der Waals surface area contributed by atoms with Crippen LogP contribution >= 0.6 is 0 Å². The molecule has 56 valence electrons. The van der Waals surface area contributed by atoms with Gasteiger partial charge in [-0.25, -0.2) is 5.84 Å². The number of nitrogens with zero attached hydrogens (tertiary/aromatic N) is 2. The summed E-state index contributed by atoms with van der Waals surface area (Å²) in [6.45, 7) is 5.13. The van der Waals surface area contributed by atoms with Crippen molar-refractivity contribution in [2.75, 3.05) is 6.54 Å². The standard InChI is InChI=1S/C7H13N3/c1-3-9-4-5-10(8)6-7(9)2/h4-6H,3,8H2,1-2H3. The van der Waals surface area contributed by atoms with Gasteiger partial charge in [-0.2, -0.15) is 0 Å². The quantitative estimate of drug-likeness (QED) is 0.546. The van der Waals surface area contributed by atoms with Gasteiger partial charge in [0.2, 0.25) is 0 Å². The van der Waals surface area contributed by atoms with Crippen LogP contribution in [0.2, 0.25) is 0 Å². The van der Waals surface area contributed by atoms with Gasteiger partial charge in [0.1, 0.15) is 0 Å². The molecule has 0 saturated heterocycles. The number of allylic oxidation sites excluding steroid dienone is 1. The summed E-state index contributed by atoms with van der Waals surface area (Å²) < 4.78 is 0. The van der Waals surface area contributed by atoms with E-state index < -0.39 is 0 Å². The molecule has 0 aromatic heterocycles. The first kappa shape index (κ1) is 7.15. The van der Waals surface area contributed by atoms with Crippen molar-refractivity contribution in [1.82, 2.24) is 9.91 Å². The van der Waals surface area contributed by atoms with E-state index in [4.69, 9.17) is 5.84 Å². The van der Waals surface area contributed by atoms with E-state index in [1.54, 1.807) is 5.01 Å². The zero-order valence-corrected chi connectivity index (χ0v) is 6.41. The monoisotopic (exact) mass is 139 g/mol. The van der Waals surface area contributed by atoms with Gasteiger partial charge >= 0.3 is 0 Å². The fourth-order valence-electron chi connectivity index (χ4n) is 0.963. The third kappa shape index (κ3) is 1.30. The summed E-state index contributed by atoms with van der Waals surface area (Å²) in [5.74, 6) is 5.49. The van der Waals surface area contributed by atoms with Crippen molar-refractivity contribution in [3.05, 3.63) is 24.3 Å². The highest BCUT2D eigenvalue weighted by Gasteiger charge is 2.03. The van der Waals surface area contributed by atoms with Gasteiger partial charge in [-0.15, -0.1) is 0 Å². The molecule has 1 heterocycles. The van der Waals surface area contributed by atoms with Gasteiger partial charge in [0, 0.05) is 30.8 Å². The summed E-state index contributed by atoms with van der Waals surface area (Å²) >= 11 is 0. The molecule has 0 aliphatic carbocycles. The van der Waals surface area contributed by atoms with Crippen molar-refractivity contribution in [2.45, 2.75) is 13.8 Å². The van der Waals surface area contributed by atoms with Gasteiger partial charge in [0.25, 0.3) is 0 Å². The molecular weight excluding hydrogens is 126 g/mol. The summed E-state index contributed by atoms with van der Waals surface area (Å²) in [4.78, 5) is 2.13. The van der Waals surface area contributed by atoms with Crippen LogP contribution in [0.5, 0.6) is 0 Å². The van der Waals surface area contributed by atoms with E-state index in [1.165, 1.54) is 5.70 Å². The van der Waals surface area contributed by atoms with E-state index in [1.807, 2.05) is 25.5 Å². The van der Waals surface area contributed by atoms with Gasteiger partial charge in [0.15, 0.2) is 0 Å². The van der Waals surface area contributed by atoms with Crippen molar-refractivity contribution in [3.63, 3.8) is 0 Å². The molecule has 1 aliphatic heterocycles. The van der Waals surface area contributed by atoms with Crippen molar-refractivity contribution < 1.29 is 0 Å². The number of hydrogen-bond donors (Lipinski definition) is 1. The van der Waals surface area contributed by atoms with Crippen LogP contribution in [-0.4, -0.2) is 16.5 Å². The third-order valence-corrected chi connectivity index (χ3v) is 1.55. The van der Waals surface area contributed by atoms with Crippen LogP contribution < -0.4 is 5.84 Å². The molecule has 0 aromatic carbocycles. The fourth-order valence-corrected chi connectivity index (χ4v) is 0.963. The van der Waals surface area contributed by atoms with Crippen LogP contribution in [-0.2, 0) is 0 Å². The molecule has 0 radical (unpaired) electrons. The molecule has 0 saturated carbocycles. The molecule has 0 aromatic rings. The minimum atomic E-state index is 0.993. The molecule has 0 spiro atoms. The Morgan fingerprint density at radius 2 is 2.20 bits per heavy atom. The van der Waals surface area contributed by atoms with Crippen LogP contribution in [0.1, 0.15) is 13.8 Å². The maximum atomic E-state index is 5.49. The molecule has 0 bridgehead atoms. The molecule has 0 amide bonds. The van der Waals surface area contributed by atoms with Gasteiger partial charge in [-0.3, -0.25) is 5.01 Å². The van der Waals surface area contributed by atoms with Gasteiger partial charge in [-0.05, 0) is 13.8 Å². The molecule has 3 nitrogen and oxygen atoms in total. The van der Waals surface area contributed by atoms with Crippen LogP contribution in [0.4, 0.5) is 0 Å². The molecule has 1 rings (SSSR count). The number of nitrogens with two attached hydrogens (primary N) is 1. The van der Waals surface area contributed by atoms with Gasteiger partial charge in [0.05, 0.1) is 0 Å². The van der Waals surface area contributed by atoms with Gasteiger partial charge in [-0.1, -0.05) is 0 Å². The predicted molar refractivity (Wildman–Crippen MR) is 41.3 cm³/mol. The molecular formula is C7H13N3. The first-order chi connectivity index (χ1) is 4.74. The van der Waals surface area contributed by atoms with Crippen molar-refractivity contribution in [1.29, 1.82) is 0 Å². The number of rotatable bonds is 1. The average molecular weight is 139 g/mol. The van der Waals surface area contributed by atoms with Crippen LogP contribution in [0.25, 0.3) is 0 Å².